The average molecular weight is 866 g/mol. The molecule has 6 aromatic rings. The standard InChI is InChI=1S/2C20H21.C12H9Si.2ClH.Zr/c2*1-12-10-17-8-6-14(3)20(19(17)11-12)18-9-7-13(2)15(4)16(18)5;1-3-7-11-9(5-1)10-6-2-4-8-12(10)13-11;;;/h2*6-11H,1-5H3;1-7H,13H2;2*1H;/q;;;;;+2/p-2. The molecule has 0 bridgehead atoms. The van der Waals surface area contributed by atoms with Crippen LogP contribution in [-0.2, 0) is 16.4 Å². The Balaban J connectivity index is 1.35. The van der Waals surface area contributed by atoms with Crippen molar-refractivity contribution in [1.82, 2.24) is 0 Å². The third-order valence-electron chi connectivity index (χ3n) is 14.3. The van der Waals surface area contributed by atoms with Gasteiger partial charge in [0, 0.05) is 0 Å². The molecule has 2 atom stereocenters. The number of fused-ring (bicyclic) bond motifs is 5. The second-order valence-electron chi connectivity index (χ2n) is 17.3. The second kappa shape index (κ2) is 13.3. The Morgan fingerprint density at radius 2 is 0.911 bits per heavy atom. The van der Waals surface area contributed by atoms with Crippen LogP contribution in [0.25, 0.3) is 45.5 Å². The maximum atomic E-state index is 9.15. The van der Waals surface area contributed by atoms with Gasteiger partial charge in [0.1, 0.15) is 0 Å². The first-order chi connectivity index (χ1) is 26.6. The molecule has 0 N–H and O–H groups in total. The topological polar surface area (TPSA) is 0 Å². The SMILES string of the molecule is CC1=Cc2c(ccc(C)c2-c2ccc(C)c(C)c2C)[CH]1[Zr]([Cl])([Cl])([c]1cccc2c1[SiH2]c1ccccc1-2)[CH]1C(C)=Cc2c1ccc(C)c2-c1ccc(C)c(C)c1C. The molecule has 0 aromatic heterocycles. The molecule has 1 aliphatic heterocycles. The monoisotopic (exact) mass is 863 g/mol. The Morgan fingerprint density at radius 3 is 1.43 bits per heavy atom. The van der Waals surface area contributed by atoms with E-state index >= 15 is 0 Å². The second-order valence-corrected chi connectivity index (χ2v) is 39.8. The Morgan fingerprint density at radius 1 is 0.446 bits per heavy atom. The van der Waals surface area contributed by atoms with E-state index in [1.54, 1.807) is 0 Å². The van der Waals surface area contributed by atoms with E-state index in [4.69, 9.17) is 17.0 Å². The van der Waals surface area contributed by atoms with Crippen molar-refractivity contribution in [3.63, 3.8) is 0 Å². The molecule has 0 spiro atoms. The van der Waals surface area contributed by atoms with Gasteiger partial charge in [-0.2, -0.15) is 0 Å². The van der Waals surface area contributed by atoms with Crippen molar-refractivity contribution in [3.8, 4) is 33.4 Å². The minimum absolute atomic E-state index is 0.0994. The summed E-state index contributed by atoms with van der Waals surface area (Å²) in [6, 6.07) is 34.6. The van der Waals surface area contributed by atoms with E-state index in [2.05, 4.69) is 172 Å². The van der Waals surface area contributed by atoms with Crippen LogP contribution in [0.4, 0.5) is 0 Å². The normalized spacial score (nSPS) is 17.9. The summed E-state index contributed by atoms with van der Waals surface area (Å²) in [4.78, 5) is 0. The molecular formula is C52H51Cl2SiZr. The summed E-state index contributed by atoms with van der Waals surface area (Å²) >= 11 is -5.52. The number of halogens is 2. The number of allylic oxidation sites excluding steroid dienone is 2. The first-order valence-electron chi connectivity index (χ1n) is 20.2. The van der Waals surface area contributed by atoms with Gasteiger partial charge >= 0.3 is 348 Å². The first-order valence-corrected chi connectivity index (χ1v) is 32.0. The van der Waals surface area contributed by atoms with Crippen LogP contribution in [0.1, 0.15) is 87.9 Å². The molecular weight excluding hydrogens is 815 g/mol. The zero-order chi connectivity index (χ0) is 39.6. The molecule has 1 heterocycles. The maximum absolute atomic E-state index is 9.15. The minimum atomic E-state index is -5.52. The predicted molar refractivity (Wildman–Crippen MR) is 245 cm³/mol. The number of hydrogen-bond acceptors (Lipinski definition) is 0. The Kier molecular flexibility index (Phi) is 9.00. The van der Waals surface area contributed by atoms with Crippen LogP contribution < -0.4 is 13.6 Å². The van der Waals surface area contributed by atoms with Crippen LogP contribution in [0.5, 0.6) is 0 Å². The summed E-state index contributed by atoms with van der Waals surface area (Å²) in [5, 5.41) is 2.95. The molecule has 2 unspecified atom stereocenters. The van der Waals surface area contributed by atoms with Crippen molar-refractivity contribution >= 4 is 52.3 Å². The van der Waals surface area contributed by atoms with Gasteiger partial charge in [0.05, 0.1) is 0 Å². The van der Waals surface area contributed by atoms with Gasteiger partial charge in [-0.25, -0.2) is 0 Å². The summed E-state index contributed by atoms with van der Waals surface area (Å²) in [7, 11) is 17.5. The molecule has 0 nitrogen and oxygen atoms in total. The predicted octanol–water partition coefficient (Wildman–Crippen LogP) is 12.5. The molecule has 2 aliphatic carbocycles. The molecule has 0 saturated carbocycles. The van der Waals surface area contributed by atoms with Crippen LogP contribution in [0.2, 0.25) is 0 Å². The summed E-state index contributed by atoms with van der Waals surface area (Å²) in [6.45, 7) is 22.7. The van der Waals surface area contributed by atoms with Crippen molar-refractivity contribution in [2.45, 2.75) is 76.5 Å². The molecule has 9 rings (SSSR count). The van der Waals surface area contributed by atoms with Gasteiger partial charge in [-0.3, -0.25) is 0 Å². The van der Waals surface area contributed by atoms with Crippen molar-refractivity contribution < 1.29 is 16.4 Å². The molecule has 56 heavy (non-hydrogen) atoms. The summed E-state index contributed by atoms with van der Waals surface area (Å²) < 4.78 is 1.08. The summed E-state index contributed by atoms with van der Waals surface area (Å²) in [5.41, 5.74) is 26.3. The fraction of sp³-hybridized carbons (Fsp3) is 0.231. The molecule has 6 aromatic carbocycles. The molecule has 0 fully saturated rings. The zero-order valence-electron chi connectivity index (χ0n) is 34.4. The van der Waals surface area contributed by atoms with Crippen molar-refractivity contribution in [3.05, 3.63) is 169 Å². The molecule has 4 heteroatoms. The van der Waals surface area contributed by atoms with E-state index < -0.39 is 25.9 Å². The van der Waals surface area contributed by atoms with Crippen LogP contribution in [0.15, 0.2) is 102 Å². The van der Waals surface area contributed by atoms with Crippen LogP contribution >= 0.6 is 17.0 Å². The fourth-order valence-corrected chi connectivity index (χ4v) is 39.9. The third-order valence-corrected chi connectivity index (χ3v) is 37.5. The molecule has 3 aliphatic rings. The van der Waals surface area contributed by atoms with Crippen LogP contribution in [0, 0.1) is 55.4 Å². The van der Waals surface area contributed by atoms with Gasteiger partial charge in [0.15, 0.2) is 0 Å². The van der Waals surface area contributed by atoms with E-state index in [-0.39, 0.29) is 7.25 Å². The van der Waals surface area contributed by atoms with E-state index in [0.717, 1.165) is 0 Å². The van der Waals surface area contributed by atoms with Crippen LogP contribution in [-0.4, -0.2) is 9.52 Å². The van der Waals surface area contributed by atoms with Crippen molar-refractivity contribution in [1.29, 1.82) is 0 Å². The molecule has 0 saturated heterocycles. The number of aryl methyl sites for hydroxylation is 4. The number of rotatable bonds is 5. The number of benzene rings is 6. The van der Waals surface area contributed by atoms with E-state index in [9.17, 15) is 0 Å². The average Bonchev–Trinajstić information content (AvgIpc) is 3.84. The zero-order valence-corrected chi connectivity index (χ0v) is 39.8. The number of hydrogen-bond donors (Lipinski definition) is 0. The molecule has 281 valence electrons. The molecule has 0 radical (unpaired) electrons. The molecule has 0 amide bonds. The first kappa shape index (κ1) is 38.0. The van der Waals surface area contributed by atoms with E-state index in [1.807, 2.05) is 0 Å². The van der Waals surface area contributed by atoms with Gasteiger partial charge in [-0.1, -0.05) is 0 Å². The summed E-state index contributed by atoms with van der Waals surface area (Å²) in [6.07, 6.45) is 4.91. The van der Waals surface area contributed by atoms with Gasteiger partial charge in [-0.05, 0) is 0 Å². The van der Waals surface area contributed by atoms with E-state index in [1.165, 1.54) is 125 Å². The Hall–Kier alpha value is -3.52. The van der Waals surface area contributed by atoms with Gasteiger partial charge in [-0.15, -0.1) is 0 Å². The van der Waals surface area contributed by atoms with Crippen molar-refractivity contribution in [2.75, 3.05) is 0 Å². The van der Waals surface area contributed by atoms with Crippen LogP contribution in [0.3, 0.4) is 0 Å². The Bertz CT molecular complexity index is 2640. The Labute approximate surface area is 344 Å². The summed E-state index contributed by atoms with van der Waals surface area (Å²) in [5.74, 6) is 0. The van der Waals surface area contributed by atoms with Crippen molar-refractivity contribution in [2.24, 2.45) is 0 Å². The van der Waals surface area contributed by atoms with E-state index in [0.29, 0.717) is 0 Å². The fourth-order valence-electron chi connectivity index (χ4n) is 11.1. The van der Waals surface area contributed by atoms with Gasteiger partial charge < -0.3 is 0 Å². The van der Waals surface area contributed by atoms with Gasteiger partial charge in [0.25, 0.3) is 0 Å². The third kappa shape index (κ3) is 5.25. The quantitative estimate of drug-likeness (QED) is 0.151. The van der Waals surface area contributed by atoms with Gasteiger partial charge in [0.2, 0.25) is 0 Å².